The predicted octanol–water partition coefficient (Wildman–Crippen LogP) is -4.24. The van der Waals surface area contributed by atoms with Crippen LogP contribution in [0.15, 0.2) is 46.5 Å². The number of benzene rings is 2. The quantitative estimate of drug-likeness (QED) is 0.0108. The van der Waals surface area contributed by atoms with Crippen molar-refractivity contribution in [1.29, 1.82) is 0 Å². The number of primary amides is 1. The number of azide groups is 1. The van der Waals surface area contributed by atoms with Crippen LogP contribution in [-0.2, 0) is 89.7 Å². The number of aromatic amines is 1. The number of hydrogen-bond acceptors (Lipinski definition) is 28. The van der Waals surface area contributed by atoms with E-state index in [0.717, 1.165) is 29.2 Å². The van der Waals surface area contributed by atoms with E-state index in [0.29, 0.717) is 6.42 Å². The molecule has 5 heterocycles. The standard InChI is InChI=1S/C63H87N11O27S2/c1-4-31(2)53-60(90)67-25-51(83)69-41-30-102(92)61-39(18-34(58(88)66-26-52(84)71-53)19-45(80)54(32(3)46(81)28-75)72-59(89)42-23-36(77)27-74(42)62(91)35(20-44(41)79)22-50(64)82)38-9-8-37(24-40(38)70-61)100-103(93,94)101-48-21-33(7-10-47(48)98-63-57(87)56(86)55(85)49(29-76)99-63)43(78)6-5-12-95-14-16-97-17-15-96-13-11-68-73-65/h7-10,21,24,31-32,34-36,41-42,46,49,53-57,63,70,75-77,81,85-87H,4-6,11-20,22-23,25-30H2,1-3H3,(H2,64,82)(H,66,88)(H,67,90)(H,69,83)(H,71,84)(H,72,89)/t31-,32-,34+,35-,36+,41-,42-,46-,49+,53-,54-,55-,56-,57+,63+,102?/m0/s1. The molecule has 0 radical (unpaired) electrons. The van der Waals surface area contributed by atoms with Crippen LogP contribution in [0, 0.1) is 23.7 Å². The van der Waals surface area contributed by atoms with Gasteiger partial charge in [-0.2, -0.15) is 0 Å². The first-order valence-electron chi connectivity index (χ1n) is 33.1. The van der Waals surface area contributed by atoms with Gasteiger partial charge in [0.05, 0.1) is 112 Å². The number of H-pyrrole nitrogens is 1. The number of nitrogens with two attached hydrogens (primary N) is 1. The first-order valence-corrected chi connectivity index (χ1v) is 35.7. The zero-order valence-electron chi connectivity index (χ0n) is 56.5. The minimum absolute atomic E-state index is 0.00901. The number of carbonyl (C=O) groups is 10. The largest absolute Gasteiger partial charge is 0.501 e. The van der Waals surface area contributed by atoms with Crippen LogP contribution < -0.4 is 45.4 Å². The number of nitrogens with one attached hydrogen (secondary N) is 6. The minimum atomic E-state index is -5.45. The maximum atomic E-state index is 15.4. The van der Waals surface area contributed by atoms with Gasteiger partial charge in [0.2, 0.25) is 47.6 Å². The number of nitrogens with zero attached hydrogens (tertiary/aromatic N) is 4. The van der Waals surface area contributed by atoms with Gasteiger partial charge < -0.3 is 110 Å². The molecule has 7 rings (SSSR count). The van der Waals surface area contributed by atoms with Gasteiger partial charge in [-0.3, -0.25) is 52.2 Å². The second kappa shape index (κ2) is 38.4. The Morgan fingerprint density at radius 3 is 2.16 bits per heavy atom. The molecule has 2 aromatic carbocycles. The van der Waals surface area contributed by atoms with Gasteiger partial charge in [-0.25, -0.2) is 0 Å². The zero-order chi connectivity index (χ0) is 75.4. The number of carbonyl (C=O) groups excluding carboxylic acids is 10. The van der Waals surface area contributed by atoms with Crippen molar-refractivity contribution in [2.75, 3.05) is 84.8 Å². The lowest BCUT2D eigenvalue weighted by Gasteiger charge is -2.39. The second-order valence-corrected chi connectivity index (χ2v) is 27.7. The molecule has 568 valence electrons. The second-order valence-electron chi connectivity index (χ2n) is 25.1. The van der Waals surface area contributed by atoms with Crippen molar-refractivity contribution in [2.45, 2.75) is 144 Å². The van der Waals surface area contributed by atoms with Gasteiger partial charge in [-0.05, 0) is 60.2 Å². The molecule has 0 saturated carbocycles. The van der Waals surface area contributed by atoms with Crippen molar-refractivity contribution in [1.82, 2.24) is 36.5 Å². The molecular formula is C63H87N11O27S2. The van der Waals surface area contributed by atoms with Gasteiger partial charge in [0.25, 0.3) is 0 Å². The van der Waals surface area contributed by atoms with Crippen LogP contribution in [-0.4, -0.2) is 269 Å². The van der Waals surface area contributed by atoms with Crippen molar-refractivity contribution in [3.05, 3.63) is 58.0 Å². The van der Waals surface area contributed by atoms with Crippen LogP contribution in [0.3, 0.4) is 0 Å². The predicted molar refractivity (Wildman–Crippen MR) is 354 cm³/mol. The number of hydrogen-bond donors (Lipinski definition) is 14. The topological polar surface area (TPSA) is 582 Å². The van der Waals surface area contributed by atoms with Crippen LogP contribution in [0.4, 0.5) is 0 Å². The molecule has 16 atom stereocenters. The third kappa shape index (κ3) is 22.6. The molecule has 4 aliphatic rings. The molecule has 7 amide bonds. The lowest BCUT2D eigenvalue weighted by molar-refractivity contribution is -0.277. The Labute approximate surface area is 592 Å². The van der Waals surface area contributed by atoms with Crippen LogP contribution in [0.2, 0.25) is 0 Å². The Balaban J connectivity index is 1.29. The number of aromatic nitrogens is 1. The van der Waals surface area contributed by atoms with Gasteiger partial charge in [-0.1, -0.05) is 32.3 Å². The van der Waals surface area contributed by atoms with Crippen molar-refractivity contribution in [3.8, 4) is 17.2 Å². The van der Waals surface area contributed by atoms with E-state index in [9.17, 15) is 87.3 Å². The molecule has 0 spiro atoms. The van der Waals surface area contributed by atoms with Gasteiger partial charge in [0.1, 0.15) is 47.3 Å². The van der Waals surface area contributed by atoms with Crippen LogP contribution in [0.5, 0.6) is 17.2 Å². The average Bonchev–Trinajstić information content (AvgIpc) is 1.75. The van der Waals surface area contributed by atoms with E-state index in [1.54, 1.807) is 13.8 Å². The number of Topliss-reactive ketones (excluding diaryl/α,β-unsaturated/α-hetero) is 3. The van der Waals surface area contributed by atoms with Gasteiger partial charge >= 0.3 is 10.4 Å². The normalized spacial score (nSPS) is 26.8. The lowest BCUT2D eigenvalue weighted by Crippen LogP contribution is -2.60. The van der Waals surface area contributed by atoms with Crippen molar-refractivity contribution in [2.24, 2.45) is 34.5 Å². The summed E-state index contributed by atoms with van der Waals surface area (Å²) >= 11 is 0. The van der Waals surface area contributed by atoms with E-state index >= 15 is 9.00 Å². The molecule has 1 unspecified atom stereocenters. The highest BCUT2D eigenvalue weighted by Crippen LogP contribution is 2.37. The molecule has 15 N–H and O–H groups in total. The summed E-state index contributed by atoms with van der Waals surface area (Å²) < 4.78 is 82.2. The summed E-state index contributed by atoms with van der Waals surface area (Å²) in [6, 6.07) is -0.200. The molecule has 0 aliphatic carbocycles. The molecular weight excluding hydrogens is 1410 g/mol. The number of aliphatic hydroxyl groups is 7. The summed E-state index contributed by atoms with van der Waals surface area (Å²) in [6.45, 7) is 1.69. The van der Waals surface area contributed by atoms with Crippen LogP contribution in [0.25, 0.3) is 21.3 Å². The fraction of sp³-hybridized carbons (Fsp3) is 0.619. The average molecular weight is 1490 g/mol. The molecule has 4 aliphatic heterocycles. The summed E-state index contributed by atoms with van der Waals surface area (Å²) in [5.74, 6) is -18.2. The molecule has 3 aromatic rings. The SMILES string of the molecule is CC[C@H](C)[C@@H]1NC(=O)CNC(=O)[C@H]2CC(=O)[C@H]([C@@H](C)[C@@H](O)CO)NC(=O)[C@@H]3C[C@@H](O)CN3C(=O)[C@H](CC(N)=O)CC(=O)[C@H](CS(=O)c3[nH]c4cc(OS(=O)(=O)Oc5cc(C(=O)CCCOCCOCCOCCN=[N+]=[N-])ccc5O[C@@H]5O[C@H](CO)[C@H](O)[C@H](O)[C@H]5O)ccc4c3C2)NC(=O)CNC1=O. The molecule has 38 nitrogen and oxygen atoms in total. The number of ketones is 3. The van der Waals surface area contributed by atoms with Crippen LogP contribution in [0.1, 0.15) is 81.6 Å². The monoisotopic (exact) mass is 1490 g/mol. The fourth-order valence-corrected chi connectivity index (χ4v) is 14.0. The summed E-state index contributed by atoms with van der Waals surface area (Å²) in [5, 5.41) is 89.1. The third-order valence-electron chi connectivity index (χ3n) is 17.7. The summed E-state index contributed by atoms with van der Waals surface area (Å²) in [4.78, 5) is 148. The first-order chi connectivity index (χ1) is 49.0. The maximum Gasteiger partial charge on any atom is 0.501 e. The first kappa shape index (κ1) is 81.9. The Morgan fingerprint density at radius 1 is 0.806 bits per heavy atom. The van der Waals surface area contributed by atoms with Crippen molar-refractivity contribution < 1.29 is 128 Å². The van der Waals surface area contributed by atoms with E-state index in [2.05, 4.69) is 41.6 Å². The number of amides is 7. The lowest BCUT2D eigenvalue weighted by atomic mass is 9.85. The Bertz CT molecular complexity index is 3740. The van der Waals surface area contributed by atoms with Gasteiger partial charge in [0, 0.05) is 85.6 Å². The Morgan fingerprint density at radius 2 is 1.49 bits per heavy atom. The highest BCUT2D eigenvalue weighted by molar-refractivity contribution is 7.85. The smallest absolute Gasteiger partial charge is 0.458 e. The Hall–Kier alpha value is -8.35. The molecule has 103 heavy (non-hydrogen) atoms. The summed E-state index contributed by atoms with van der Waals surface area (Å²) in [5.41, 5.74) is 13.6. The van der Waals surface area contributed by atoms with E-state index in [4.69, 9.17) is 43.3 Å². The number of fused-ring (bicyclic) bond motifs is 5. The van der Waals surface area contributed by atoms with E-state index in [1.165, 1.54) is 19.1 Å². The molecule has 1 aromatic heterocycles. The molecule has 2 saturated heterocycles. The van der Waals surface area contributed by atoms with Gasteiger partial charge in [-0.15, -0.1) is 8.42 Å². The number of aliphatic hydroxyl groups excluding tert-OH is 7. The van der Waals surface area contributed by atoms with E-state index in [1.807, 2.05) is 0 Å². The van der Waals surface area contributed by atoms with Crippen molar-refractivity contribution in [3.63, 3.8) is 0 Å². The maximum absolute atomic E-state index is 15.4. The highest BCUT2D eigenvalue weighted by atomic mass is 32.3. The van der Waals surface area contributed by atoms with Crippen LogP contribution >= 0.6 is 0 Å². The summed E-state index contributed by atoms with van der Waals surface area (Å²) in [7, 11) is -8.08. The zero-order valence-corrected chi connectivity index (χ0v) is 58.1. The highest BCUT2D eigenvalue weighted by Gasteiger charge is 2.47. The minimum Gasteiger partial charge on any atom is -0.458 e. The number of ether oxygens (including phenoxy) is 5. The van der Waals surface area contributed by atoms with E-state index < -0.39 is 259 Å². The van der Waals surface area contributed by atoms with E-state index in [-0.39, 0.29) is 86.1 Å². The molecule has 2 bridgehead atoms. The number of rotatable bonds is 28. The molecule has 40 heteroatoms. The van der Waals surface area contributed by atoms with Gasteiger partial charge in [0.15, 0.2) is 28.8 Å². The third-order valence-corrected chi connectivity index (χ3v) is 19.9. The summed E-state index contributed by atoms with van der Waals surface area (Å²) in [6.07, 6.45) is -16.0. The van der Waals surface area contributed by atoms with Crippen molar-refractivity contribution >= 4 is 90.8 Å². The Kier molecular flexibility index (Phi) is 30.6. The fourth-order valence-electron chi connectivity index (χ4n) is 11.9. The molecule has 2 fully saturated rings.